The van der Waals surface area contributed by atoms with Crippen LogP contribution in [0.3, 0.4) is 0 Å². The standard InChI is InChI=1S/C14H16N2O/c15-11-14(16-8-3-4-9-16)7-10-17-13-6-2-1-5-12(13)14/h1-2,5-6H,3-4,7-10H2. The third-order valence-electron chi connectivity index (χ3n) is 3.88. The van der Waals surface area contributed by atoms with E-state index in [9.17, 15) is 5.26 Å². The fraction of sp³-hybridized carbons (Fsp3) is 0.500. The first-order chi connectivity index (χ1) is 8.37. The van der Waals surface area contributed by atoms with Crippen molar-refractivity contribution in [2.24, 2.45) is 0 Å². The maximum atomic E-state index is 9.70. The second-order valence-corrected chi connectivity index (χ2v) is 4.76. The Labute approximate surface area is 102 Å². The Balaban J connectivity index is 2.09. The van der Waals surface area contributed by atoms with Gasteiger partial charge < -0.3 is 4.74 Å². The molecular weight excluding hydrogens is 212 g/mol. The van der Waals surface area contributed by atoms with Crippen molar-refractivity contribution in [1.82, 2.24) is 4.90 Å². The summed E-state index contributed by atoms with van der Waals surface area (Å²) in [5.74, 6) is 0.882. The fourth-order valence-corrected chi connectivity index (χ4v) is 2.99. The Morgan fingerprint density at radius 2 is 2.00 bits per heavy atom. The van der Waals surface area contributed by atoms with E-state index in [-0.39, 0.29) is 0 Å². The first-order valence-electron chi connectivity index (χ1n) is 6.25. The van der Waals surface area contributed by atoms with Gasteiger partial charge in [-0.25, -0.2) is 0 Å². The summed E-state index contributed by atoms with van der Waals surface area (Å²) >= 11 is 0. The van der Waals surface area contributed by atoms with Crippen LogP contribution in [0.5, 0.6) is 5.75 Å². The van der Waals surface area contributed by atoms with Crippen LogP contribution in [0, 0.1) is 11.3 Å². The number of likely N-dealkylation sites (tertiary alicyclic amines) is 1. The Morgan fingerprint density at radius 1 is 1.24 bits per heavy atom. The third-order valence-corrected chi connectivity index (χ3v) is 3.88. The van der Waals surface area contributed by atoms with E-state index in [0.717, 1.165) is 30.8 Å². The molecule has 2 heterocycles. The molecule has 88 valence electrons. The molecule has 0 N–H and O–H groups in total. The molecule has 2 aliphatic rings. The van der Waals surface area contributed by atoms with E-state index in [1.807, 2.05) is 24.3 Å². The summed E-state index contributed by atoms with van der Waals surface area (Å²) in [5.41, 5.74) is 0.598. The molecule has 1 saturated heterocycles. The van der Waals surface area contributed by atoms with Gasteiger partial charge in [-0.3, -0.25) is 4.90 Å². The molecule has 3 nitrogen and oxygen atoms in total. The van der Waals surface area contributed by atoms with Gasteiger partial charge >= 0.3 is 0 Å². The summed E-state index contributed by atoms with van der Waals surface area (Å²) < 4.78 is 5.66. The normalized spacial score (nSPS) is 28.2. The van der Waals surface area contributed by atoms with E-state index >= 15 is 0 Å². The number of para-hydroxylation sites is 1. The van der Waals surface area contributed by atoms with E-state index < -0.39 is 5.54 Å². The molecule has 1 aromatic carbocycles. The molecule has 0 spiro atoms. The molecule has 1 fully saturated rings. The average molecular weight is 228 g/mol. The van der Waals surface area contributed by atoms with Crippen molar-refractivity contribution < 1.29 is 4.74 Å². The van der Waals surface area contributed by atoms with Gasteiger partial charge in [0.1, 0.15) is 11.3 Å². The Morgan fingerprint density at radius 3 is 2.76 bits per heavy atom. The highest BCUT2D eigenvalue weighted by Crippen LogP contribution is 2.42. The van der Waals surface area contributed by atoms with Crippen molar-refractivity contribution in [3.05, 3.63) is 29.8 Å². The maximum absolute atomic E-state index is 9.70. The average Bonchev–Trinajstić information content (AvgIpc) is 2.92. The fourth-order valence-electron chi connectivity index (χ4n) is 2.99. The molecule has 3 heteroatoms. The summed E-state index contributed by atoms with van der Waals surface area (Å²) in [6, 6.07) is 10.5. The molecule has 0 aromatic heterocycles. The smallest absolute Gasteiger partial charge is 0.141 e. The summed E-state index contributed by atoms with van der Waals surface area (Å²) in [6.07, 6.45) is 3.18. The van der Waals surface area contributed by atoms with E-state index in [2.05, 4.69) is 11.0 Å². The molecule has 0 aliphatic carbocycles. The maximum Gasteiger partial charge on any atom is 0.141 e. The second kappa shape index (κ2) is 4.05. The number of rotatable bonds is 1. The lowest BCUT2D eigenvalue weighted by Gasteiger charge is -2.40. The van der Waals surface area contributed by atoms with Crippen molar-refractivity contribution in [2.75, 3.05) is 19.7 Å². The molecule has 2 aliphatic heterocycles. The first-order valence-corrected chi connectivity index (χ1v) is 6.25. The molecule has 1 unspecified atom stereocenters. The molecule has 17 heavy (non-hydrogen) atoms. The highest BCUT2D eigenvalue weighted by molar-refractivity contribution is 5.45. The van der Waals surface area contributed by atoms with Crippen molar-refractivity contribution in [3.8, 4) is 11.8 Å². The zero-order chi connectivity index (χ0) is 11.7. The van der Waals surface area contributed by atoms with Crippen molar-refractivity contribution >= 4 is 0 Å². The van der Waals surface area contributed by atoms with Crippen LogP contribution in [0.1, 0.15) is 24.8 Å². The number of benzene rings is 1. The van der Waals surface area contributed by atoms with E-state index in [0.29, 0.717) is 6.61 Å². The minimum atomic E-state index is -0.453. The molecule has 0 saturated carbocycles. The number of hydrogen-bond acceptors (Lipinski definition) is 3. The monoisotopic (exact) mass is 228 g/mol. The summed E-state index contributed by atoms with van der Waals surface area (Å²) in [6.45, 7) is 2.70. The Kier molecular flexibility index (Phi) is 2.53. The van der Waals surface area contributed by atoms with Crippen LogP contribution in [0.25, 0.3) is 0 Å². The highest BCUT2D eigenvalue weighted by Gasteiger charge is 2.44. The number of nitrogens with zero attached hydrogens (tertiary/aromatic N) is 2. The van der Waals surface area contributed by atoms with E-state index in [4.69, 9.17) is 4.74 Å². The van der Waals surface area contributed by atoms with Crippen LogP contribution in [-0.4, -0.2) is 24.6 Å². The molecule has 1 aromatic rings. The van der Waals surface area contributed by atoms with Gasteiger partial charge in [0.25, 0.3) is 0 Å². The molecule has 0 radical (unpaired) electrons. The van der Waals surface area contributed by atoms with Gasteiger partial charge in [-0.15, -0.1) is 0 Å². The summed E-state index contributed by atoms with van der Waals surface area (Å²) in [4.78, 5) is 2.33. The predicted molar refractivity (Wildman–Crippen MR) is 64.7 cm³/mol. The van der Waals surface area contributed by atoms with Crippen molar-refractivity contribution in [3.63, 3.8) is 0 Å². The largest absolute Gasteiger partial charge is 0.493 e. The van der Waals surface area contributed by atoms with E-state index in [1.165, 1.54) is 12.8 Å². The molecule has 0 bridgehead atoms. The molecule has 0 amide bonds. The zero-order valence-corrected chi connectivity index (χ0v) is 9.85. The second-order valence-electron chi connectivity index (χ2n) is 4.76. The highest BCUT2D eigenvalue weighted by atomic mass is 16.5. The molecule has 3 rings (SSSR count). The van der Waals surface area contributed by atoms with Gasteiger partial charge in [0, 0.05) is 25.1 Å². The lowest BCUT2D eigenvalue weighted by atomic mass is 9.84. The van der Waals surface area contributed by atoms with Crippen molar-refractivity contribution in [1.29, 1.82) is 5.26 Å². The zero-order valence-electron chi connectivity index (χ0n) is 9.85. The quantitative estimate of drug-likeness (QED) is 0.740. The van der Waals surface area contributed by atoms with Gasteiger partial charge in [0.2, 0.25) is 0 Å². The third kappa shape index (κ3) is 1.52. The van der Waals surface area contributed by atoms with Gasteiger partial charge in [-0.05, 0) is 18.9 Å². The van der Waals surface area contributed by atoms with Crippen molar-refractivity contribution in [2.45, 2.75) is 24.8 Å². The van der Waals surface area contributed by atoms with Gasteiger partial charge in [0.15, 0.2) is 0 Å². The minimum absolute atomic E-state index is 0.453. The number of ether oxygens (including phenoxy) is 1. The molecule has 1 atom stereocenters. The van der Waals surface area contributed by atoms with Crippen LogP contribution in [0.15, 0.2) is 24.3 Å². The predicted octanol–water partition coefficient (Wildman–Crippen LogP) is 2.28. The summed E-state index contributed by atoms with van der Waals surface area (Å²) in [5, 5.41) is 9.70. The topological polar surface area (TPSA) is 36.3 Å². The van der Waals surface area contributed by atoms with Crippen LogP contribution in [-0.2, 0) is 5.54 Å². The number of hydrogen-bond donors (Lipinski definition) is 0. The van der Waals surface area contributed by atoms with Crippen LogP contribution in [0.4, 0.5) is 0 Å². The molecular formula is C14H16N2O. The number of nitriles is 1. The van der Waals surface area contributed by atoms with Crippen LogP contribution >= 0.6 is 0 Å². The van der Waals surface area contributed by atoms with Crippen LogP contribution in [0.2, 0.25) is 0 Å². The number of fused-ring (bicyclic) bond motifs is 1. The first kappa shape index (κ1) is 10.6. The Hall–Kier alpha value is -1.53. The van der Waals surface area contributed by atoms with Gasteiger partial charge in [-0.1, -0.05) is 18.2 Å². The SMILES string of the molecule is N#CC1(N2CCCC2)CCOc2ccccc21. The lowest BCUT2D eigenvalue weighted by Crippen LogP contribution is -2.46. The van der Waals surface area contributed by atoms with Gasteiger partial charge in [0.05, 0.1) is 12.7 Å². The van der Waals surface area contributed by atoms with Gasteiger partial charge in [-0.2, -0.15) is 5.26 Å². The Bertz CT molecular complexity index is 460. The summed E-state index contributed by atoms with van der Waals surface area (Å²) in [7, 11) is 0. The minimum Gasteiger partial charge on any atom is -0.493 e. The lowest BCUT2D eigenvalue weighted by molar-refractivity contribution is 0.110. The van der Waals surface area contributed by atoms with Crippen LogP contribution < -0.4 is 4.74 Å². The van der Waals surface area contributed by atoms with E-state index in [1.54, 1.807) is 0 Å².